The average molecular weight is 490 g/mol. The zero-order valence-electron chi connectivity index (χ0n) is 15.7. The van der Waals surface area contributed by atoms with Crippen LogP contribution >= 0.6 is 11.6 Å². The van der Waals surface area contributed by atoms with Gasteiger partial charge in [-0.2, -0.15) is 39.5 Å². The Kier molecular flexibility index (Phi) is 7.64. The molecule has 0 N–H and O–H groups in total. The smallest absolute Gasteiger partial charge is 0.303 e. The van der Waals surface area contributed by atoms with E-state index < -0.39 is 41.3 Å². The van der Waals surface area contributed by atoms with Crippen LogP contribution < -0.4 is 0 Å². The lowest BCUT2D eigenvalue weighted by Gasteiger charge is -2.14. The van der Waals surface area contributed by atoms with Crippen molar-refractivity contribution < 1.29 is 44.3 Å². The van der Waals surface area contributed by atoms with Crippen molar-refractivity contribution in [2.45, 2.75) is 37.3 Å². The van der Waals surface area contributed by atoms with Gasteiger partial charge in [-0.1, -0.05) is 23.8 Å². The molecule has 32 heavy (non-hydrogen) atoms. The summed E-state index contributed by atoms with van der Waals surface area (Å²) in [7, 11) is 0. The zero-order chi connectivity index (χ0) is 24.3. The van der Waals surface area contributed by atoms with Crippen molar-refractivity contribution in [3.05, 3.63) is 69.5 Å². The van der Waals surface area contributed by atoms with Gasteiger partial charge in [-0.25, -0.2) is 0 Å². The predicted molar refractivity (Wildman–Crippen MR) is 97.8 cm³/mol. The molecule has 1 unspecified atom stereocenters. The molecule has 0 aliphatic carbocycles. The second-order valence-corrected chi connectivity index (χ2v) is 7.06. The third-order valence-electron chi connectivity index (χ3n) is 4.30. The van der Waals surface area contributed by atoms with Crippen LogP contribution in [0.4, 0.5) is 39.5 Å². The van der Waals surface area contributed by atoms with Crippen LogP contribution in [0.2, 0.25) is 5.02 Å². The molecule has 0 amide bonds. The first-order chi connectivity index (χ1) is 14.6. The lowest BCUT2D eigenvalue weighted by molar-refractivity contribution is -0.143. The second-order valence-electron chi connectivity index (χ2n) is 6.65. The first kappa shape index (κ1) is 25.7. The molecule has 0 saturated heterocycles. The summed E-state index contributed by atoms with van der Waals surface area (Å²) in [5.74, 6) is -1.09. The number of aldehydes is 1. The number of aromatic nitrogens is 1. The quantitative estimate of drug-likeness (QED) is 0.309. The van der Waals surface area contributed by atoms with E-state index in [2.05, 4.69) is 4.98 Å². The van der Waals surface area contributed by atoms with Crippen LogP contribution in [-0.2, 0) is 23.3 Å². The van der Waals surface area contributed by atoms with E-state index in [9.17, 15) is 44.3 Å². The van der Waals surface area contributed by atoms with Crippen molar-refractivity contribution in [3.63, 3.8) is 0 Å². The van der Waals surface area contributed by atoms with Crippen molar-refractivity contribution in [1.29, 1.82) is 0 Å². The number of carbonyl (C=O) groups excluding carboxylic acids is 1. The van der Waals surface area contributed by atoms with Gasteiger partial charge in [0.1, 0.15) is 12.0 Å². The number of rotatable bonds is 6. The number of halogens is 10. The van der Waals surface area contributed by atoms with E-state index in [1.54, 1.807) is 0 Å². The SMILES string of the molecule is O=CC(CCC=Cc1cc(C(F)(F)F)cc(C(F)(F)F)c1)c1cc(C(F)(F)F)ncc1Cl. The zero-order valence-corrected chi connectivity index (χ0v) is 16.5. The normalized spacial score (nSPS) is 14.1. The third-order valence-corrected chi connectivity index (χ3v) is 4.62. The Morgan fingerprint density at radius 2 is 1.44 bits per heavy atom. The number of hydrogen-bond donors (Lipinski definition) is 0. The average Bonchev–Trinajstić information content (AvgIpc) is 2.66. The molecule has 2 aromatic rings. The number of alkyl halides is 9. The van der Waals surface area contributed by atoms with Crippen molar-refractivity contribution >= 4 is 24.0 Å². The summed E-state index contributed by atoms with van der Waals surface area (Å²) in [6.07, 6.45) is -11.6. The minimum atomic E-state index is -5.00. The summed E-state index contributed by atoms with van der Waals surface area (Å²) in [4.78, 5) is 14.5. The van der Waals surface area contributed by atoms with E-state index in [1.165, 1.54) is 6.08 Å². The van der Waals surface area contributed by atoms with Crippen molar-refractivity contribution in [1.82, 2.24) is 4.98 Å². The Hall–Kier alpha value is -2.56. The van der Waals surface area contributed by atoms with Gasteiger partial charge in [-0.15, -0.1) is 0 Å². The van der Waals surface area contributed by atoms with Crippen molar-refractivity contribution in [2.24, 2.45) is 0 Å². The molecule has 174 valence electrons. The Morgan fingerprint density at radius 3 is 1.91 bits per heavy atom. The van der Waals surface area contributed by atoms with Gasteiger partial charge in [0.05, 0.1) is 16.1 Å². The van der Waals surface area contributed by atoms with Crippen molar-refractivity contribution in [2.75, 3.05) is 0 Å². The summed E-state index contributed by atoms with van der Waals surface area (Å²) >= 11 is 5.83. The minimum absolute atomic E-state index is 0.0105. The van der Waals surface area contributed by atoms with Gasteiger partial charge < -0.3 is 4.79 Å². The van der Waals surface area contributed by atoms with Crippen LogP contribution in [-0.4, -0.2) is 11.3 Å². The fourth-order valence-corrected chi connectivity index (χ4v) is 3.00. The number of pyridine rings is 1. The molecule has 0 spiro atoms. The summed E-state index contributed by atoms with van der Waals surface area (Å²) in [5.41, 5.74) is -4.75. The first-order valence-electron chi connectivity index (χ1n) is 8.77. The number of carbonyl (C=O) groups is 1. The largest absolute Gasteiger partial charge is 0.433 e. The minimum Gasteiger partial charge on any atom is -0.303 e. The Morgan fingerprint density at radius 1 is 0.875 bits per heavy atom. The molecule has 0 aliphatic heterocycles. The van der Waals surface area contributed by atoms with Crippen LogP contribution in [0.15, 0.2) is 36.5 Å². The van der Waals surface area contributed by atoms with Crippen LogP contribution in [0.5, 0.6) is 0 Å². The first-order valence-corrected chi connectivity index (χ1v) is 9.14. The highest BCUT2D eigenvalue weighted by Crippen LogP contribution is 2.37. The van der Waals surface area contributed by atoms with Gasteiger partial charge >= 0.3 is 18.5 Å². The molecule has 0 saturated carbocycles. The van der Waals surface area contributed by atoms with Crippen molar-refractivity contribution in [3.8, 4) is 0 Å². The monoisotopic (exact) mass is 489 g/mol. The standard InChI is InChI=1S/C20H13ClF9NO/c21-16-9-31-17(20(28,29)30)8-15(16)12(10-32)4-2-1-3-11-5-13(18(22,23)24)7-14(6-11)19(25,26)27/h1,3,5-10,12H,2,4H2. The molecule has 12 heteroatoms. The van der Waals surface area contributed by atoms with E-state index >= 15 is 0 Å². The maximum Gasteiger partial charge on any atom is 0.433 e. The van der Waals surface area contributed by atoms with Gasteiger partial charge in [-0.3, -0.25) is 4.98 Å². The molecular weight excluding hydrogens is 477 g/mol. The highest BCUT2D eigenvalue weighted by molar-refractivity contribution is 6.31. The fourth-order valence-electron chi connectivity index (χ4n) is 2.76. The van der Waals surface area contributed by atoms with E-state index in [4.69, 9.17) is 11.6 Å². The molecule has 1 atom stereocenters. The highest BCUT2D eigenvalue weighted by Gasteiger charge is 2.37. The molecule has 0 bridgehead atoms. The molecule has 0 aliphatic rings. The van der Waals surface area contributed by atoms with Gasteiger partial charge in [-0.05, 0) is 48.2 Å². The van der Waals surface area contributed by atoms with Gasteiger partial charge in [0.25, 0.3) is 0 Å². The summed E-state index contributed by atoms with van der Waals surface area (Å²) in [6, 6.07) is 1.66. The lowest BCUT2D eigenvalue weighted by Crippen LogP contribution is -2.11. The van der Waals surface area contributed by atoms with Crippen LogP contribution in [0.25, 0.3) is 6.08 Å². The van der Waals surface area contributed by atoms with Gasteiger partial charge in [0, 0.05) is 12.1 Å². The fraction of sp³-hybridized carbons (Fsp3) is 0.300. The molecular formula is C20H13ClF9NO. The van der Waals surface area contributed by atoms with E-state index in [1.807, 2.05) is 0 Å². The molecule has 1 heterocycles. The molecule has 2 nitrogen and oxygen atoms in total. The lowest BCUT2D eigenvalue weighted by atomic mass is 9.95. The Labute approximate surface area is 180 Å². The Bertz CT molecular complexity index is 962. The number of nitrogens with zero attached hydrogens (tertiary/aromatic N) is 1. The summed E-state index contributed by atoms with van der Waals surface area (Å²) in [6.45, 7) is 0. The third kappa shape index (κ3) is 6.72. The van der Waals surface area contributed by atoms with Gasteiger partial charge in [0.2, 0.25) is 0 Å². The number of allylic oxidation sites excluding steroid dienone is 1. The van der Waals surface area contributed by atoms with Crippen LogP contribution in [0, 0.1) is 0 Å². The predicted octanol–water partition coefficient (Wildman–Crippen LogP) is 7.57. The number of benzene rings is 1. The molecule has 0 fully saturated rings. The summed E-state index contributed by atoms with van der Waals surface area (Å²) < 4.78 is 116. The van der Waals surface area contributed by atoms with E-state index in [0.717, 1.165) is 12.3 Å². The topological polar surface area (TPSA) is 30.0 Å². The summed E-state index contributed by atoms with van der Waals surface area (Å²) in [5, 5.41) is -0.188. The number of hydrogen-bond acceptors (Lipinski definition) is 2. The van der Waals surface area contributed by atoms with Crippen LogP contribution in [0.1, 0.15) is 46.7 Å². The second kappa shape index (κ2) is 9.51. The van der Waals surface area contributed by atoms with E-state index in [-0.39, 0.29) is 35.1 Å². The maximum absolute atomic E-state index is 12.9. The van der Waals surface area contributed by atoms with Crippen LogP contribution in [0.3, 0.4) is 0 Å². The highest BCUT2D eigenvalue weighted by atomic mass is 35.5. The van der Waals surface area contributed by atoms with Gasteiger partial charge in [0.15, 0.2) is 0 Å². The Balaban J connectivity index is 2.22. The molecule has 0 radical (unpaired) electrons. The maximum atomic E-state index is 12.9. The van der Waals surface area contributed by atoms with E-state index in [0.29, 0.717) is 24.5 Å². The molecule has 2 rings (SSSR count). The molecule has 1 aromatic carbocycles. The molecule has 1 aromatic heterocycles.